The Morgan fingerprint density at radius 3 is 2.72 bits per heavy atom. The van der Waals surface area contributed by atoms with E-state index in [1.807, 2.05) is 19.1 Å². The molecule has 1 aliphatic rings. The van der Waals surface area contributed by atoms with Crippen molar-refractivity contribution in [1.82, 2.24) is 0 Å². The summed E-state index contributed by atoms with van der Waals surface area (Å²) in [4.78, 5) is 16.4. The number of aliphatic imine (C=N–C) groups is 1. The minimum atomic E-state index is -0.911. The number of thioether (sulfide) groups is 1. The zero-order valence-corrected chi connectivity index (χ0v) is 11.2. The molecule has 2 atom stereocenters. The summed E-state index contributed by atoms with van der Waals surface area (Å²) in [5, 5.41) is -0.323. The van der Waals surface area contributed by atoms with Gasteiger partial charge in [0.25, 0.3) is 0 Å². The van der Waals surface area contributed by atoms with Gasteiger partial charge in [0, 0.05) is 24.8 Å². The van der Waals surface area contributed by atoms with Crippen molar-refractivity contribution >= 4 is 28.8 Å². The maximum atomic E-state index is 12.0. The molecule has 0 bridgehead atoms. The smallest absolute Gasteiger partial charge is 0.204 e. The summed E-state index contributed by atoms with van der Waals surface area (Å²) in [5.41, 5.74) is 7.99. The third kappa shape index (κ3) is 2.04. The van der Waals surface area contributed by atoms with Crippen molar-refractivity contribution in [2.24, 2.45) is 4.99 Å². The lowest BCUT2D eigenvalue weighted by Crippen LogP contribution is -2.40. The Morgan fingerprint density at radius 1 is 1.50 bits per heavy atom. The number of benzene rings is 1. The number of ether oxygens (including phenoxy) is 1. The summed E-state index contributed by atoms with van der Waals surface area (Å²) >= 11 is 1.41. The number of nitrogen functional groups attached to an aromatic ring is 1. The van der Waals surface area contributed by atoms with Gasteiger partial charge in [-0.2, -0.15) is 0 Å². The quantitative estimate of drug-likeness (QED) is 0.847. The Labute approximate surface area is 111 Å². The van der Waals surface area contributed by atoms with E-state index in [0.29, 0.717) is 12.1 Å². The van der Waals surface area contributed by atoms with Crippen molar-refractivity contribution in [2.45, 2.75) is 24.3 Å². The highest BCUT2D eigenvalue weighted by Crippen LogP contribution is 2.42. The molecule has 0 saturated heterocycles. The largest absolute Gasteiger partial charge is 0.399 e. The zero-order chi connectivity index (χ0) is 13.2. The van der Waals surface area contributed by atoms with E-state index < -0.39 is 5.72 Å². The van der Waals surface area contributed by atoms with Crippen LogP contribution in [0.15, 0.2) is 29.3 Å². The van der Waals surface area contributed by atoms with Crippen LogP contribution in [0.5, 0.6) is 0 Å². The van der Waals surface area contributed by atoms with E-state index in [1.165, 1.54) is 11.8 Å². The summed E-state index contributed by atoms with van der Waals surface area (Å²) in [6, 6.07) is 7.31. The van der Waals surface area contributed by atoms with Crippen molar-refractivity contribution in [3.05, 3.63) is 29.8 Å². The van der Waals surface area contributed by atoms with Crippen LogP contribution in [0.4, 0.5) is 5.69 Å². The molecule has 0 aliphatic carbocycles. The predicted molar refractivity (Wildman–Crippen MR) is 74.7 cm³/mol. The van der Waals surface area contributed by atoms with Crippen LogP contribution in [0.1, 0.15) is 18.9 Å². The maximum Gasteiger partial charge on any atom is 0.204 e. The summed E-state index contributed by atoms with van der Waals surface area (Å²) in [7, 11) is 1.58. The molecule has 96 valence electrons. The first-order valence-electron chi connectivity index (χ1n) is 5.77. The molecular weight excluding hydrogens is 248 g/mol. The second-order valence-corrected chi connectivity index (χ2v) is 5.05. The Kier molecular flexibility index (Phi) is 3.73. The molecule has 0 amide bonds. The normalized spacial score (nSPS) is 26.4. The van der Waals surface area contributed by atoms with Crippen LogP contribution in [0.3, 0.4) is 0 Å². The van der Waals surface area contributed by atoms with E-state index in [0.717, 1.165) is 5.56 Å². The van der Waals surface area contributed by atoms with Gasteiger partial charge < -0.3 is 10.5 Å². The van der Waals surface area contributed by atoms with Crippen LogP contribution in [0.25, 0.3) is 0 Å². The number of anilines is 1. The van der Waals surface area contributed by atoms with Gasteiger partial charge >= 0.3 is 0 Å². The van der Waals surface area contributed by atoms with Gasteiger partial charge in [-0.1, -0.05) is 30.8 Å². The molecule has 2 unspecified atom stereocenters. The van der Waals surface area contributed by atoms with Gasteiger partial charge in [0.1, 0.15) is 5.25 Å². The van der Waals surface area contributed by atoms with Crippen LogP contribution in [-0.4, -0.2) is 23.7 Å². The molecular formula is C13H16N2O2S. The third-order valence-electron chi connectivity index (χ3n) is 3.07. The number of hydrogen-bond acceptors (Lipinski definition) is 5. The first-order valence-corrected chi connectivity index (χ1v) is 6.71. The average Bonchev–Trinajstić information content (AvgIpc) is 2.83. The van der Waals surface area contributed by atoms with Crippen LogP contribution >= 0.6 is 11.8 Å². The van der Waals surface area contributed by atoms with Crippen molar-refractivity contribution in [3.8, 4) is 0 Å². The lowest BCUT2D eigenvalue weighted by Gasteiger charge is -2.30. The lowest BCUT2D eigenvalue weighted by molar-refractivity contribution is -0.124. The highest BCUT2D eigenvalue weighted by Gasteiger charge is 2.47. The van der Waals surface area contributed by atoms with E-state index in [1.54, 1.807) is 24.8 Å². The Bertz CT molecular complexity index is 472. The predicted octanol–water partition coefficient (Wildman–Crippen LogP) is 2.19. The number of ketones is 1. The SMILES string of the molecule is CCC(=O)C1SC=NC1(OC)c1ccc(N)cc1. The molecule has 2 rings (SSSR count). The van der Waals surface area contributed by atoms with E-state index >= 15 is 0 Å². The van der Waals surface area contributed by atoms with Crippen molar-refractivity contribution < 1.29 is 9.53 Å². The highest BCUT2D eigenvalue weighted by molar-refractivity contribution is 8.13. The Balaban J connectivity index is 2.43. The van der Waals surface area contributed by atoms with Crippen LogP contribution in [0.2, 0.25) is 0 Å². The van der Waals surface area contributed by atoms with E-state index in [-0.39, 0.29) is 11.0 Å². The molecule has 5 heteroatoms. The molecule has 0 aromatic heterocycles. The molecule has 0 spiro atoms. The number of methoxy groups -OCH3 is 1. The average molecular weight is 264 g/mol. The van der Waals surface area contributed by atoms with E-state index in [4.69, 9.17) is 10.5 Å². The van der Waals surface area contributed by atoms with Gasteiger partial charge in [-0.3, -0.25) is 4.79 Å². The molecule has 1 aromatic carbocycles. The van der Waals surface area contributed by atoms with Gasteiger partial charge in [-0.15, -0.1) is 0 Å². The van der Waals surface area contributed by atoms with Crippen molar-refractivity contribution in [2.75, 3.05) is 12.8 Å². The Morgan fingerprint density at radius 2 is 2.17 bits per heavy atom. The number of Topliss-reactive ketones (excluding diaryl/α,β-unsaturated/α-hetero) is 1. The zero-order valence-electron chi connectivity index (χ0n) is 10.4. The monoisotopic (exact) mass is 264 g/mol. The van der Waals surface area contributed by atoms with Crippen LogP contribution in [0, 0.1) is 0 Å². The van der Waals surface area contributed by atoms with Gasteiger partial charge in [0.2, 0.25) is 5.72 Å². The minimum absolute atomic E-state index is 0.135. The summed E-state index contributed by atoms with van der Waals surface area (Å²) in [6.45, 7) is 1.85. The fourth-order valence-corrected chi connectivity index (χ4v) is 3.17. The number of carbonyl (C=O) groups is 1. The molecule has 0 saturated carbocycles. The fourth-order valence-electron chi connectivity index (χ4n) is 2.03. The number of carbonyl (C=O) groups excluding carboxylic acids is 1. The molecule has 2 N–H and O–H groups in total. The van der Waals surface area contributed by atoms with Gasteiger partial charge in [-0.25, -0.2) is 4.99 Å². The minimum Gasteiger partial charge on any atom is -0.399 e. The topological polar surface area (TPSA) is 64.7 Å². The molecule has 0 radical (unpaired) electrons. The second kappa shape index (κ2) is 5.12. The second-order valence-electron chi connectivity index (χ2n) is 4.09. The van der Waals surface area contributed by atoms with E-state index in [2.05, 4.69) is 4.99 Å². The van der Waals surface area contributed by atoms with Crippen molar-refractivity contribution in [1.29, 1.82) is 0 Å². The van der Waals surface area contributed by atoms with Crippen LogP contribution in [-0.2, 0) is 15.3 Å². The lowest BCUT2D eigenvalue weighted by atomic mass is 9.95. The molecule has 1 aliphatic heterocycles. The standard InChI is InChI=1S/C13H16N2O2S/c1-3-11(16)12-13(17-2,15-8-18-12)9-4-6-10(14)7-5-9/h4-8,12H,3,14H2,1-2H3. The fraction of sp³-hybridized carbons (Fsp3) is 0.385. The van der Waals surface area contributed by atoms with Gasteiger partial charge in [0.05, 0.1) is 5.55 Å². The molecule has 0 fully saturated rings. The summed E-state index contributed by atoms with van der Waals surface area (Å²) in [6.07, 6.45) is 0.473. The molecule has 1 aromatic rings. The van der Waals surface area contributed by atoms with Crippen molar-refractivity contribution in [3.63, 3.8) is 0 Å². The molecule has 18 heavy (non-hydrogen) atoms. The van der Waals surface area contributed by atoms with Gasteiger partial charge in [-0.05, 0) is 12.1 Å². The summed E-state index contributed by atoms with van der Waals surface area (Å²) < 4.78 is 5.58. The number of rotatable bonds is 4. The molecule has 4 nitrogen and oxygen atoms in total. The first kappa shape index (κ1) is 13.1. The Hall–Kier alpha value is -1.33. The molecule has 1 heterocycles. The van der Waals surface area contributed by atoms with Crippen LogP contribution < -0.4 is 5.73 Å². The summed E-state index contributed by atoms with van der Waals surface area (Å²) in [5.74, 6) is 0.135. The number of nitrogens with two attached hydrogens (primary N) is 1. The number of hydrogen-bond donors (Lipinski definition) is 1. The third-order valence-corrected chi connectivity index (χ3v) is 4.15. The first-order chi connectivity index (χ1) is 8.64. The van der Waals surface area contributed by atoms with Gasteiger partial charge in [0.15, 0.2) is 5.78 Å². The highest BCUT2D eigenvalue weighted by atomic mass is 32.2. The van der Waals surface area contributed by atoms with E-state index in [9.17, 15) is 4.79 Å². The maximum absolute atomic E-state index is 12.0. The number of nitrogens with zero attached hydrogens (tertiary/aromatic N) is 1.